The molecule has 1 atom stereocenters. The van der Waals surface area contributed by atoms with Gasteiger partial charge in [-0.25, -0.2) is 0 Å². The summed E-state index contributed by atoms with van der Waals surface area (Å²) in [5.41, 5.74) is 0. The molecule has 1 aromatic rings. The summed E-state index contributed by atoms with van der Waals surface area (Å²) in [7, 11) is 0. The third kappa shape index (κ3) is 8.69. The largest absolute Gasteiger partial charge is 0.389 e. The molecule has 0 aliphatic heterocycles. The predicted octanol–water partition coefficient (Wildman–Crippen LogP) is 1.02. The SMILES string of the molecule is CC(C)CCCOCC(O)CNCCc1ncon1. The highest BCUT2D eigenvalue weighted by molar-refractivity contribution is 4.78. The molecule has 0 saturated heterocycles. The Morgan fingerprint density at radius 3 is 3.00 bits per heavy atom. The molecule has 0 aliphatic carbocycles. The van der Waals surface area contributed by atoms with Crippen molar-refractivity contribution in [3.8, 4) is 0 Å². The van der Waals surface area contributed by atoms with Gasteiger partial charge in [-0.3, -0.25) is 0 Å². The lowest BCUT2D eigenvalue weighted by Crippen LogP contribution is -2.31. The van der Waals surface area contributed by atoms with Crippen molar-refractivity contribution in [3.63, 3.8) is 0 Å². The zero-order chi connectivity index (χ0) is 13.9. The Morgan fingerprint density at radius 2 is 2.32 bits per heavy atom. The Bertz CT molecular complexity index is 304. The third-order valence-corrected chi connectivity index (χ3v) is 2.69. The maximum atomic E-state index is 9.68. The van der Waals surface area contributed by atoms with Gasteiger partial charge in [-0.15, -0.1) is 0 Å². The molecule has 0 saturated carbocycles. The molecule has 19 heavy (non-hydrogen) atoms. The summed E-state index contributed by atoms with van der Waals surface area (Å²) in [4.78, 5) is 3.91. The van der Waals surface area contributed by atoms with Crippen LogP contribution in [0.2, 0.25) is 0 Å². The van der Waals surface area contributed by atoms with E-state index in [2.05, 4.69) is 33.8 Å². The highest BCUT2D eigenvalue weighted by Gasteiger charge is 2.04. The van der Waals surface area contributed by atoms with Crippen molar-refractivity contribution in [2.75, 3.05) is 26.3 Å². The van der Waals surface area contributed by atoms with E-state index >= 15 is 0 Å². The van der Waals surface area contributed by atoms with Crippen LogP contribution in [0.15, 0.2) is 10.9 Å². The molecule has 6 nitrogen and oxygen atoms in total. The Hall–Kier alpha value is -0.980. The fourth-order valence-corrected chi connectivity index (χ4v) is 1.64. The first-order chi connectivity index (χ1) is 9.18. The van der Waals surface area contributed by atoms with Crippen LogP contribution < -0.4 is 5.32 Å². The molecule has 110 valence electrons. The van der Waals surface area contributed by atoms with Crippen LogP contribution in [0.1, 0.15) is 32.5 Å². The van der Waals surface area contributed by atoms with E-state index in [9.17, 15) is 5.11 Å². The second-order valence-corrected chi connectivity index (χ2v) is 5.07. The Balaban J connectivity index is 1.89. The minimum Gasteiger partial charge on any atom is -0.389 e. The fourth-order valence-electron chi connectivity index (χ4n) is 1.64. The molecular weight excluding hydrogens is 246 g/mol. The van der Waals surface area contributed by atoms with Crippen LogP contribution >= 0.6 is 0 Å². The smallest absolute Gasteiger partial charge is 0.213 e. The number of nitrogens with one attached hydrogen (secondary N) is 1. The van der Waals surface area contributed by atoms with E-state index in [-0.39, 0.29) is 0 Å². The van der Waals surface area contributed by atoms with Crippen LogP contribution in [0.25, 0.3) is 0 Å². The van der Waals surface area contributed by atoms with E-state index in [1.165, 1.54) is 12.8 Å². The zero-order valence-corrected chi connectivity index (χ0v) is 11.8. The Labute approximate surface area is 114 Å². The predicted molar refractivity (Wildman–Crippen MR) is 71.8 cm³/mol. The van der Waals surface area contributed by atoms with Crippen LogP contribution in [0.5, 0.6) is 0 Å². The molecule has 0 amide bonds. The number of aliphatic hydroxyl groups excluding tert-OH is 1. The molecule has 0 bridgehead atoms. The molecule has 0 radical (unpaired) electrons. The van der Waals surface area contributed by atoms with Crippen LogP contribution in [-0.2, 0) is 11.2 Å². The molecule has 0 aliphatic rings. The van der Waals surface area contributed by atoms with E-state index in [0.29, 0.717) is 37.9 Å². The van der Waals surface area contributed by atoms with Crippen molar-refractivity contribution in [1.29, 1.82) is 0 Å². The van der Waals surface area contributed by atoms with Gasteiger partial charge in [-0.2, -0.15) is 4.98 Å². The van der Waals surface area contributed by atoms with Gasteiger partial charge < -0.3 is 19.7 Å². The number of hydrogen-bond donors (Lipinski definition) is 2. The number of rotatable bonds is 11. The van der Waals surface area contributed by atoms with Crippen LogP contribution in [0.3, 0.4) is 0 Å². The normalized spacial score (nSPS) is 13.1. The van der Waals surface area contributed by atoms with E-state index < -0.39 is 6.10 Å². The lowest BCUT2D eigenvalue weighted by molar-refractivity contribution is 0.0349. The summed E-state index contributed by atoms with van der Waals surface area (Å²) in [6, 6.07) is 0. The molecule has 6 heteroatoms. The topological polar surface area (TPSA) is 80.4 Å². The summed E-state index contributed by atoms with van der Waals surface area (Å²) in [6.45, 7) is 6.72. The summed E-state index contributed by atoms with van der Waals surface area (Å²) in [6.07, 6.45) is 3.76. The first-order valence-corrected chi connectivity index (χ1v) is 6.90. The van der Waals surface area contributed by atoms with Crippen LogP contribution in [-0.4, -0.2) is 47.7 Å². The van der Waals surface area contributed by atoms with E-state index in [0.717, 1.165) is 13.0 Å². The maximum Gasteiger partial charge on any atom is 0.213 e. The van der Waals surface area contributed by atoms with E-state index in [1.54, 1.807) is 0 Å². The number of aliphatic hydroxyl groups is 1. The number of nitrogens with zero attached hydrogens (tertiary/aromatic N) is 2. The van der Waals surface area contributed by atoms with Gasteiger partial charge in [0.15, 0.2) is 5.82 Å². The molecule has 0 aromatic carbocycles. The van der Waals surface area contributed by atoms with Gasteiger partial charge in [0, 0.05) is 26.1 Å². The average molecular weight is 271 g/mol. The molecule has 1 aromatic heterocycles. The molecule has 1 rings (SSSR count). The first-order valence-electron chi connectivity index (χ1n) is 6.90. The van der Waals surface area contributed by atoms with E-state index in [4.69, 9.17) is 4.74 Å². The highest BCUT2D eigenvalue weighted by Crippen LogP contribution is 2.03. The second-order valence-electron chi connectivity index (χ2n) is 5.07. The zero-order valence-electron chi connectivity index (χ0n) is 11.8. The summed E-state index contributed by atoms with van der Waals surface area (Å²) >= 11 is 0. The van der Waals surface area contributed by atoms with Gasteiger partial charge in [0.1, 0.15) is 0 Å². The van der Waals surface area contributed by atoms with Crippen LogP contribution in [0, 0.1) is 5.92 Å². The van der Waals surface area contributed by atoms with Gasteiger partial charge in [0.2, 0.25) is 6.39 Å². The first kappa shape index (κ1) is 16.1. The number of hydrogen-bond acceptors (Lipinski definition) is 6. The third-order valence-electron chi connectivity index (χ3n) is 2.69. The second kappa shape index (κ2) is 9.89. The van der Waals surface area contributed by atoms with Crippen molar-refractivity contribution in [3.05, 3.63) is 12.2 Å². The van der Waals surface area contributed by atoms with E-state index in [1.807, 2.05) is 0 Å². The number of ether oxygens (including phenoxy) is 1. The Kier molecular flexibility index (Phi) is 8.36. The molecule has 0 spiro atoms. The maximum absolute atomic E-state index is 9.68. The van der Waals surface area contributed by atoms with Crippen molar-refractivity contribution in [2.45, 2.75) is 39.2 Å². The minimum absolute atomic E-state index is 0.382. The average Bonchev–Trinajstić information content (AvgIpc) is 2.87. The van der Waals surface area contributed by atoms with Gasteiger partial charge in [-0.05, 0) is 18.8 Å². The van der Waals surface area contributed by atoms with Gasteiger partial charge in [-0.1, -0.05) is 19.0 Å². The van der Waals surface area contributed by atoms with Crippen molar-refractivity contribution in [1.82, 2.24) is 15.5 Å². The van der Waals surface area contributed by atoms with Crippen molar-refractivity contribution in [2.24, 2.45) is 5.92 Å². The monoisotopic (exact) mass is 271 g/mol. The Morgan fingerprint density at radius 1 is 1.47 bits per heavy atom. The fraction of sp³-hybridized carbons (Fsp3) is 0.846. The van der Waals surface area contributed by atoms with Crippen molar-refractivity contribution >= 4 is 0 Å². The molecule has 1 unspecified atom stereocenters. The summed E-state index contributed by atoms with van der Waals surface area (Å²) in [5, 5.41) is 16.5. The molecular formula is C13H25N3O3. The molecule has 0 fully saturated rings. The van der Waals surface area contributed by atoms with Crippen LogP contribution in [0.4, 0.5) is 0 Å². The quantitative estimate of drug-likeness (QED) is 0.585. The number of aromatic nitrogens is 2. The minimum atomic E-state index is -0.468. The van der Waals surface area contributed by atoms with Gasteiger partial charge in [0.25, 0.3) is 0 Å². The standard InChI is InChI=1S/C13H25N3O3/c1-11(2)4-3-7-18-9-12(17)8-14-6-5-13-15-10-19-16-13/h10-12,14,17H,3-9H2,1-2H3. The van der Waals surface area contributed by atoms with Gasteiger partial charge in [0.05, 0.1) is 12.7 Å². The summed E-state index contributed by atoms with van der Waals surface area (Å²) in [5.74, 6) is 1.38. The molecule has 2 N–H and O–H groups in total. The molecule has 1 heterocycles. The lowest BCUT2D eigenvalue weighted by Gasteiger charge is -2.12. The highest BCUT2D eigenvalue weighted by atomic mass is 16.5. The van der Waals surface area contributed by atoms with Crippen molar-refractivity contribution < 1.29 is 14.4 Å². The van der Waals surface area contributed by atoms with Gasteiger partial charge >= 0.3 is 0 Å². The summed E-state index contributed by atoms with van der Waals surface area (Å²) < 4.78 is 10.0. The lowest BCUT2D eigenvalue weighted by atomic mass is 10.1.